The van der Waals surface area contributed by atoms with Gasteiger partial charge in [0.05, 0.1) is 19.7 Å². The Morgan fingerprint density at radius 1 is 1.13 bits per heavy atom. The Morgan fingerprint density at radius 2 is 1.83 bits per heavy atom. The number of halogens is 2. The van der Waals surface area contributed by atoms with Gasteiger partial charge >= 0.3 is 6.09 Å². The summed E-state index contributed by atoms with van der Waals surface area (Å²) in [5.74, 6) is -0.763. The predicted octanol–water partition coefficient (Wildman–Crippen LogP) is 1.74. The second-order valence-corrected chi connectivity index (χ2v) is 8.01. The van der Waals surface area contributed by atoms with Gasteiger partial charge in [-0.15, -0.1) is 0 Å². The van der Waals surface area contributed by atoms with Gasteiger partial charge in [0.25, 0.3) is 5.91 Å². The number of hydroxylamine groups is 2. The number of nitrogens with zero attached hydrogens (tertiary/aromatic N) is 3. The molecular formula is C19H23Cl2N3O6. The summed E-state index contributed by atoms with van der Waals surface area (Å²) in [7, 11) is 0. The maximum atomic E-state index is 12.2. The van der Waals surface area contributed by atoms with Crippen LogP contribution < -0.4 is 9.80 Å². The molecule has 2 heterocycles. The maximum Gasteiger partial charge on any atom is 0.414 e. The Labute approximate surface area is 184 Å². The smallest absolute Gasteiger partial charge is 0.414 e. The molecule has 0 unspecified atom stereocenters. The zero-order valence-electron chi connectivity index (χ0n) is 16.2. The lowest BCUT2D eigenvalue weighted by molar-refractivity contribution is -0.184. The minimum Gasteiger partial charge on any atom is -0.444 e. The van der Waals surface area contributed by atoms with E-state index in [4.69, 9.17) is 37.9 Å². The monoisotopic (exact) mass is 459 g/mol. The number of carbonyl (C=O) groups excluding carboxylic acids is 3. The summed E-state index contributed by atoms with van der Waals surface area (Å²) >= 11 is 11.1. The van der Waals surface area contributed by atoms with Crippen LogP contribution in [0.2, 0.25) is 0 Å². The molecule has 0 bridgehead atoms. The third-order valence-corrected chi connectivity index (χ3v) is 5.44. The number of hydrogen-bond donors (Lipinski definition) is 1. The lowest BCUT2D eigenvalue weighted by atomic mass is 10.1. The number of aliphatic hydroxyl groups is 1. The van der Waals surface area contributed by atoms with Crippen molar-refractivity contribution in [2.45, 2.75) is 23.8 Å². The topological polar surface area (TPSA) is 99.6 Å². The zero-order chi connectivity index (χ0) is 21.7. The summed E-state index contributed by atoms with van der Waals surface area (Å²) < 4.78 is 5.33. The van der Waals surface area contributed by atoms with Crippen molar-refractivity contribution < 1.29 is 29.1 Å². The summed E-state index contributed by atoms with van der Waals surface area (Å²) in [6.45, 7) is 1.54. The van der Waals surface area contributed by atoms with E-state index >= 15 is 0 Å². The molecule has 1 atom stereocenters. The number of ketones is 1. The van der Waals surface area contributed by atoms with E-state index in [1.807, 2.05) is 24.3 Å². The summed E-state index contributed by atoms with van der Waals surface area (Å²) in [6.07, 6.45) is -0.345. The molecule has 9 nitrogen and oxygen atoms in total. The Hall–Kier alpha value is -2.07. The van der Waals surface area contributed by atoms with Crippen LogP contribution in [0.15, 0.2) is 24.3 Å². The number of cyclic esters (lactones) is 1. The number of amides is 2. The molecular weight excluding hydrogens is 437 g/mol. The van der Waals surface area contributed by atoms with Crippen LogP contribution in [-0.4, -0.2) is 78.3 Å². The lowest BCUT2D eigenvalue weighted by Crippen LogP contribution is -2.36. The van der Waals surface area contributed by atoms with Gasteiger partial charge in [-0.2, -0.15) is 0 Å². The predicted molar refractivity (Wildman–Crippen MR) is 111 cm³/mol. The average Bonchev–Trinajstić information content (AvgIpc) is 2.95. The molecule has 0 aromatic heterocycles. The molecule has 2 saturated heterocycles. The highest BCUT2D eigenvalue weighted by Gasteiger charge is 2.33. The largest absolute Gasteiger partial charge is 0.444 e. The van der Waals surface area contributed by atoms with Crippen molar-refractivity contribution in [1.82, 2.24) is 5.06 Å². The van der Waals surface area contributed by atoms with Crippen LogP contribution in [0.4, 0.5) is 16.2 Å². The molecule has 30 heavy (non-hydrogen) atoms. The van der Waals surface area contributed by atoms with Crippen molar-refractivity contribution in [3.8, 4) is 0 Å². The van der Waals surface area contributed by atoms with Crippen molar-refractivity contribution in [3.05, 3.63) is 24.3 Å². The molecule has 11 heteroatoms. The Kier molecular flexibility index (Phi) is 7.76. The fraction of sp³-hybridized carbons (Fsp3) is 0.526. The highest BCUT2D eigenvalue weighted by molar-refractivity contribution is 6.53. The number of ether oxygens (including phenoxy) is 1. The fourth-order valence-electron chi connectivity index (χ4n) is 3.32. The van der Waals surface area contributed by atoms with Gasteiger partial charge in [-0.1, -0.05) is 23.2 Å². The summed E-state index contributed by atoms with van der Waals surface area (Å²) in [4.78, 5) is 43.2. The van der Waals surface area contributed by atoms with Gasteiger partial charge < -0.3 is 14.7 Å². The number of Topliss-reactive ketones (excluding diaryl/α,β-unsaturated/α-hetero) is 1. The number of aliphatic hydroxyl groups excluding tert-OH is 1. The third-order valence-electron chi connectivity index (χ3n) is 4.95. The molecule has 1 aromatic carbocycles. The fourth-order valence-corrected chi connectivity index (χ4v) is 3.54. The van der Waals surface area contributed by atoms with E-state index in [-0.39, 0.29) is 12.2 Å². The molecule has 1 N–H and O–H groups in total. The minimum absolute atomic E-state index is 0.148. The Bertz CT molecular complexity index is 776. The van der Waals surface area contributed by atoms with E-state index in [0.29, 0.717) is 44.9 Å². The van der Waals surface area contributed by atoms with E-state index in [2.05, 4.69) is 4.90 Å². The highest BCUT2D eigenvalue weighted by atomic mass is 35.5. The quantitative estimate of drug-likeness (QED) is 0.619. The van der Waals surface area contributed by atoms with Crippen molar-refractivity contribution in [2.75, 3.05) is 49.2 Å². The molecule has 0 radical (unpaired) electrons. The molecule has 2 fully saturated rings. The second kappa shape index (κ2) is 10.3. The maximum absolute atomic E-state index is 12.2. The molecule has 0 saturated carbocycles. The van der Waals surface area contributed by atoms with Gasteiger partial charge in [0.2, 0.25) is 0 Å². The molecule has 2 aliphatic heterocycles. The van der Waals surface area contributed by atoms with Crippen LogP contribution in [0.3, 0.4) is 0 Å². The van der Waals surface area contributed by atoms with Crippen LogP contribution >= 0.6 is 23.2 Å². The summed E-state index contributed by atoms with van der Waals surface area (Å²) in [6, 6.07) is 7.41. The van der Waals surface area contributed by atoms with Crippen molar-refractivity contribution in [3.63, 3.8) is 0 Å². The Balaban J connectivity index is 1.57. The van der Waals surface area contributed by atoms with Crippen LogP contribution in [0, 0.1) is 0 Å². The molecule has 3 rings (SSSR count). The molecule has 164 valence electrons. The number of hydrogen-bond acceptors (Lipinski definition) is 7. The minimum atomic E-state index is -1.07. The number of benzene rings is 1. The lowest BCUT2D eigenvalue weighted by Gasteiger charge is -2.23. The number of anilines is 2. The van der Waals surface area contributed by atoms with Crippen LogP contribution in [0.1, 0.15) is 12.8 Å². The normalized spacial score (nSPS) is 19.8. The van der Waals surface area contributed by atoms with Gasteiger partial charge in [0, 0.05) is 30.9 Å². The highest BCUT2D eigenvalue weighted by Crippen LogP contribution is 2.27. The summed E-state index contributed by atoms with van der Waals surface area (Å²) in [5.41, 5.74) is 1.61. The standard InChI is InChI=1S/C19H23Cl2N3O6/c20-18(21)16(26)6-5-15-11-23(19(28)30-15)14-3-1-13(2-4-14)22-7-8-24(17(27)12-25)29-10-9-22/h1-4,15,18,25H,5-12H2/t15-/m0/s1. The van der Waals surface area contributed by atoms with E-state index in [0.717, 1.165) is 5.69 Å². The molecule has 1 aromatic rings. The van der Waals surface area contributed by atoms with E-state index < -0.39 is 29.5 Å². The first kappa shape index (κ1) is 22.6. The van der Waals surface area contributed by atoms with Gasteiger partial charge in [0.15, 0.2) is 10.6 Å². The van der Waals surface area contributed by atoms with Gasteiger partial charge in [-0.3, -0.25) is 19.3 Å². The SMILES string of the molecule is O=C(CC[C@H]1CN(c2ccc(N3CCON(C(=O)CO)CC3)cc2)C(=O)O1)C(Cl)Cl. The molecule has 2 aliphatic rings. The van der Waals surface area contributed by atoms with Crippen LogP contribution in [-0.2, 0) is 19.2 Å². The first-order chi connectivity index (χ1) is 14.4. The van der Waals surface area contributed by atoms with E-state index in [9.17, 15) is 14.4 Å². The zero-order valence-corrected chi connectivity index (χ0v) is 17.7. The second-order valence-electron chi connectivity index (χ2n) is 6.91. The number of rotatable bonds is 7. The number of alkyl halides is 2. The molecule has 0 spiro atoms. The first-order valence-corrected chi connectivity index (χ1v) is 10.4. The average molecular weight is 460 g/mol. The van der Waals surface area contributed by atoms with E-state index in [1.165, 1.54) is 9.96 Å². The van der Waals surface area contributed by atoms with Gasteiger partial charge in [-0.25, -0.2) is 9.86 Å². The number of carbonyl (C=O) groups is 3. The molecule has 2 amide bonds. The summed E-state index contributed by atoms with van der Waals surface area (Å²) in [5, 5.41) is 10.1. The first-order valence-electron chi connectivity index (χ1n) is 9.57. The van der Waals surface area contributed by atoms with Gasteiger partial charge in [-0.05, 0) is 30.7 Å². The van der Waals surface area contributed by atoms with Gasteiger partial charge in [0.1, 0.15) is 12.7 Å². The Morgan fingerprint density at radius 3 is 2.50 bits per heavy atom. The van der Waals surface area contributed by atoms with Crippen molar-refractivity contribution >= 4 is 52.4 Å². The van der Waals surface area contributed by atoms with E-state index in [1.54, 1.807) is 0 Å². The van der Waals surface area contributed by atoms with Crippen molar-refractivity contribution in [2.24, 2.45) is 0 Å². The van der Waals surface area contributed by atoms with Crippen LogP contribution in [0.25, 0.3) is 0 Å². The molecule has 0 aliphatic carbocycles. The van der Waals surface area contributed by atoms with Crippen LogP contribution in [0.5, 0.6) is 0 Å². The van der Waals surface area contributed by atoms with Crippen molar-refractivity contribution in [1.29, 1.82) is 0 Å². The third kappa shape index (κ3) is 5.54.